The number of nitrogens with one attached hydrogen (secondary N) is 1. The minimum atomic E-state index is 0.567. The highest BCUT2D eigenvalue weighted by Crippen LogP contribution is 2.16. The van der Waals surface area contributed by atoms with Gasteiger partial charge in [-0.05, 0) is 27.3 Å². The average molecular weight is 214 g/mol. The summed E-state index contributed by atoms with van der Waals surface area (Å²) >= 11 is 1.76. The Morgan fingerprint density at radius 3 is 2.71 bits per heavy atom. The Kier molecular flexibility index (Phi) is 4.41. The number of thioether (sulfide) groups is 1. The summed E-state index contributed by atoms with van der Waals surface area (Å²) in [6.45, 7) is 4.15. The highest BCUT2D eigenvalue weighted by atomic mass is 32.2. The molecule has 0 aliphatic rings. The van der Waals surface area contributed by atoms with E-state index < -0.39 is 0 Å². The summed E-state index contributed by atoms with van der Waals surface area (Å²) < 4.78 is 2.02. The molecule has 5 heteroatoms. The predicted molar refractivity (Wildman–Crippen MR) is 59.6 cm³/mol. The Labute approximate surface area is 89.5 Å². The van der Waals surface area contributed by atoms with Crippen molar-refractivity contribution < 1.29 is 0 Å². The van der Waals surface area contributed by atoms with Crippen molar-refractivity contribution in [2.75, 3.05) is 12.8 Å². The van der Waals surface area contributed by atoms with Crippen LogP contribution in [0.1, 0.15) is 19.2 Å². The number of nitrogens with zero attached hydrogens (tertiary/aromatic N) is 3. The van der Waals surface area contributed by atoms with E-state index in [1.165, 1.54) is 0 Å². The first-order chi connectivity index (χ1) is 6.65. The second-order valence-electron chi connectivity index (χ2n) is 3.42. The molecule has 1 N–H and O–H groups in total. The molecule has 14 heavy (non-hydrogen) atoms. The maximum Gasteiger partial charge on any atom is 0.190 e. The Balaban J connectivity index is 2.35. The molecule has 1 rings (SSSR count). The number of rotatable bonds is 5. The van der Waals surface area contributed by atoms with Crippen LogP contribution in [0.3, 0.4) is 0 Å². The van der Waals surface area contributed by atoms with E-state index in [2.05, 4.69) is 22.4 Å². The van der Waals surface area contributed by atoms with Gasteiger partial charge in [-0.1, -0.05) is 11.8 Å². The van der Waals surface area contributed by atoms with Crippen LogP contribution in [0, 0.1) is 6.92 Å². The Morgan fingerprint density at radius 2 is 2.21 bits per heavy atom. The van der Waals surface area contributed by atoms with E-state index in [-0.39, 0.29) is 0 Å². The topological polar surface area (TPSA) is 42.7 Å². The van der Waals surface area contributed by atoms with Gasteiger partial charge in [0.25, 0.3) is 0 Å². The lowest BCUT2D eigenvalue weighted by Crippen LogP contribution is -2.21. The van der Waals surface area contributed by atoms with Gasteiger partial charge in [-0.15, -0.1) is 10.2 Å². The van der Waals surface area contributed by atoms with Crippen molar-refractivity contribution in [2.45, 2.75) is 31.5 Å². The van der Waals surface area contributed by atoms with E-state index in [0.717, 1.165) is 23.2 Å². The Hall–Kier alpha value is -0.550. The molecule has 0 fully saturated rings. The van der Waals surface area contributed by atoms with E-state index in [9.17, 15) is 0 Å². The Morgan fingerprint density at radius 1 is 1.50 bits per heavy atom. The molecular weight excluding hydrogens is 196 g/mol. The molecule has 1 heterocycles. The number of aryl methyl sites for hydroxylation is 1. The maximum atomic E-state index is 4.09. The van der Waals surface area contributed by atoms with Gasteiger partial charge in [0.1, 0.15) is 5.82 Å². The van der Waals surface area contributed by atoms with Crippen LogP contribution in [-0.4, -0.2) is 33.6 Å². The zero-order chi connectivity index (χ0) is 10.6. The lowest BCUT2D eigenvalue weighted by molar-refractivity contribution is 0.597. The van der Waals surface area contributed by atoms with Crippen LogP contribution in [-0.2, 0) is 7.05 Å². The van der Waals surface area contributed by atoms with Gasteiger partial charge in [0.15, 0.2) is 5.16 Å². The summed E-state index contributed by atoms with van der Waals surface area (Å²) in [7, 11) is 3.99. The lowest BCUT2D eigenvalue weighted by Gasteiger charge is -2.08. The van der Waals surface area contributed by atoms with Crippen LogP contribution < -0.4 is 5.32 Å². The molecule has 0 saturated carbocycles. The third kappa shape index (κ3) is 2.99. The van der Waals surface area contributed by atoms with Crippen LogP contribution in [0.5, 0.6) is 0 Å². The second-order valence-corrected chi connectivity index (χ2v) is 4.48. The van der Waals surface area contributed by atoms with Gasteiger partial charge in [0.2, 0.25) is 0 Å². The van der Waals surface area contributed by atoms with Crippen LogP contribution in [0.15, 0.2) is 5.16 Å². The first-order valence-corrected chi connectivity index (χ1v) is 5.79. The molecule has 1 unspecified atom stereocenters. The van der Waals surface area contributed by atoms with Gasteiger partial charge in [0, 0.05) is 18.8 Å². The predicted octanol–water partition coefficient (Wildman–Crippen LogP) is 1.21. The van der Waals surface area contributed by atoms with Gasteiger partial charge < -0.3 is 9.88 Å². The summed E-state index contributed by atoms with van der Waals surface area (Å²) in [5.41, 5.74) is 0. The molecule has 0 amide bonds. The number of aromatic nitrogens is 3. The largest absolute Gasteiger partial charge is 0.317 e. The summed E-state index contributed by atoms with van der Waals surface area (Å²) in [6.07, 6.45) is 1.15. The molecule has 1 aromatic rings. The molecule has 0 bridgehead atoms. The van der Waals surface area contributed by atoms with E-state index in [0.29, 0.717) is 6.04 Å². The van der Waals surface area contributed by atoms with Crippen LogP contribution in [0.25, 0.3) is 0 Å². The molecule has 0 aromatic carbocycles. The van der Waals surface area contributed by atoms with E-state index >= 15 is 0 Å². The summed E-state index contributed by atoms with van der Waals surface area (Å²) in [5.74, 6) is 2.04. The molecule has 4 nitrogen and oxygen atoms in total. The average Bonchev–Trinajstić information content (AvgIpc) is 2.49. The molecule has 0 aliphatic carbocycles. The van der Waals surface area contributed by atoms with Crippen molar-refractivity contribution in [2.24, 2.45) is 7.05 Å². The first-order valence-electron chi connectivity index (χ1n) is 4.81. The van der Waals surface area contributed by atoms with Crippen LogP contribution >= 0.6 is 11.8 Å². The van der Waals surface area contributed by atoms with Crippen molar-refractivity contribution in [3.05, 3.63) is 5.82 Å². The molecule has 0 spiro atoms. The van der Waals surface area contributed by atoms with E-state index in [1.807, 2.05) is 25.6 Å². The van der Waals surface area contributed by atoms with E-state index in [4.69, 9.17) is 0 Å². The second kappa shape index (κ2) is 5.36. The van der Waals surface area contributed by atoms with Crippen molar-refractivity contribution in [1.29, 1.82) is 0 Å². The summed E-state index contributed by atoms with van der Waals surface area (Å²) in [6, 6.07) is 0.567. The fourth-order valence-electron chi connectivity index (χ4n) is 0.985. The monoisotopic (exact) mass is 214 g/mol. The molecule has 1 aromatic heterocycles. The molecule has 0 aliphatic heterocycles. The quantitative estimate of drug-likeness (QED) is 0.748. The van der Waals surface area contributed by atoms with Gasteiger partial charge in [-0.3, -0.25) is 0 Å². The van der Waals surface area contributed by atoms with Crippen LogP contribution in [0.4, 0.5) is 0 Å². The van der Waals surface area contributed by atoms with Crippen molar-refractivity contribution in [3.8, 4) is 0 Å². The highest BCUT2D eigenvalue weighted by molar-refractivity contribution is 7.99. The zero-order valence-electron chi connectivity index (χ0n) is 9.24. The molecule has 0 saturated heterocycles. The van der Waals surface area contributed by atoms with Gasteiger partial charge in [-0.25, -0.2) is 0 Å². The minimum absolute atomic E-state index is 0.567. The molecule has 80 valence electrons. The third-order valence-corrected chi connectivity index (χ3v) is 3.38. The fourth-order valence-corrected chi connectivity index (χ4v) is 2.06. The van der Waals surface area contributed by atoms with Crippen molar-refractivity contribution in [3.63, 3.8) is 0 Å². The molecule has 1 atom stereocenters. The SMILES string of the molecule is CNC(C)CCSc1nnc(C)n1C. The summed E-state index contributed by atoms with van der Waals surface area (Å²) in [5, 5.41) is 12.3. The fraction of sp³-hybridized carbons (Fsp3) is 0.778. The maximum absolute atomic E-state index is 4.09. The number of hydrogen-bond donors (Lipinski definition) is 1. The first kappa shape index (κ1) is 11.5. The van der Waals surface area contributed by atoms with E-state index in [1.54, 1.807) is 11.8 Å². The van der Waals surface area contributed by atoms with Gasteiger partial charge in [-0.2, -0.15) is 0 Å². The summed E-state index contributed by atoms with van der Waals surface area (Å²) in [4.78, 5) is 0. The van der Waals surface area contributed by atoms with Crippen LogP contribution in [0.2, 0.25) is 0 Å². The zero-order valence-corrected chi connectivity index (χ0v) is 10.1. The number of hydrogen-bond acceptors (Lipinski definition) is 4. The molecular formula is C9H18N4S. The highest BCUT2D eigenvalue weighted by Gasteiger charge is 2.05. The molecule has 0 radical (unpaired) electrons. The van der Waals surface area contributed by atoms with Crippen molar-refractivity contribution >= 4 is 11.8 Å². The van der Waals surface area contributed by atoms with Crippen molar-refractivity contribution in [1.82, 2.24) is 20.1 Å². The minimum Gasteiger partial charge on any atom is -0.317 e. The smallest absolute Gasteiger partial charge is 0.190 e. The Bertz CT molecular complexity index is 284. The normalized spacial score (nSPS) is 13.1. The van der Waals surface area contributed by atoms with Gasteiger partial charge >= 0.3 is 0 Å². The lowest BCUT2D eigenvalue weighted by atomic mass is 10.3. The standard InChI is InChI=1S/C9H18N4S/c1-7(10-3)5-6-14-9-12-11-8(2)13(9)4/h7,10H,5-6H2,1-4H3. The van der Waals surface area contributed by atoms with Gasteiger partial charge in [0.05, 0.1) is 0 Å². The third-order valence-electron chi connectivity index (χ3n) is 2.33.